The van der Waals surface area contributed by atoms with E-state index in [0.29, 0.717) is 17.5 Å². The second-order valence-electron chi connectivity index (χ2n) is 15.9. The maximum Gasteiger partial charge on any atom is 0.164 e. The van der Waals surface area contributed by atoms with Crippen molar-refractivity contribution in [1.29, 1.82) is 0 Å². The Morgan fingerprint density at radius 2 is 0.759 bits per heavy atom. The summed E-state index contributed by atoms with van der Waals surface area (Å²) in [5.41, 5.74) is 21.1. The van der Waals surface area contributed by atoms with Gasteiger partial charge in [-0.05, 0) is 46.2 Å². The van der Waals surface area contributed by atoms with E-state index in [9.17, 15) is 0 Å². The highest BCUT2D eigenvalue weighted by atomic mass is 16.3. The van der Waals surface area contributed by atoms with Crippen molar-refractivity contribution < 1.29 is 4.42 Å². The Bertz CT molecular complexity index is 3240. The van der Waals surface area contributed by atoms with Gasteiger partial charge in [-0.2, -0.15) is 0 Å². The third kappa shape index (κ3) is 5.54. The minimum absolute atomic E-state index is 0.595. The Hall–Kier alpha value is -6.33. The molecule has 0 unspecified atom stereocenters. The summed E-state index contributed by atoms with van der Waals surface area (Å²) in [5.74, 6) is 1.84. The molecular weight excluding hydrogens is 699 g/mol. The predicted octanol–water partition coefficient (Wildman–Crippen LogP) is -2.40. The maximum atomic E-state index is 6.77. The minimum atomic E-state index is 0.595. The number of hydrogen-bond acceptors (Lipinski definition) is 4. The summed E-state index contributed by atoms with van der Waals surface area (Å²) in [6.07, 6.45) is 0. The van der Waals surface area contributed by atoms with Crippen LogP contribution in [0.2, 0.25) is 0 Å². The average molecular weight is 735 g/mol. The van der Waals surface area contributed by atoms with E-state index in [2.05, 4.69) is 152 Å². The molecular formula is C45H36B8N4O. The van der Waals surface area contributed by atoms with Crippen LogP contribution in [0.25, 0.3) is 94.7 Å². The first-order valence-corrected chi connectivity index (χ1v) is 20.0. The van der Waals surface area contributed by atoms with Crippen LogP contribution in [0.4, 0.5) is 0 Å². The molecule has 0 saturated carbocycles. The molecule has 0 aliphatic rings. The Morgan fingerprint density at radius 1 is 0.362 bits per heavy atom. The third-order valence-electron chi connectivity index (χ3n) is 12.9. The van der Waals surface area contributed by atoms with E-state index in [0.717, 1.165) is 49.9 Å². The van der Waals surface area contributed by atoms with Crippen LogP contribution in [-0.4, -0.2) is 82.3 Å². The lowest BCUT2D eigenvalue weighted by molar-refractivity contribution is 0.668. The zero-order valence-electron chi connectivity index (χ0n) is 34.2. The summed E-state index contributed by atoms with van der Waals surface area (Å²) in [5, 5.41) is 4.84. The molecule has 0 N–H and O–H groups in total. The van der Waals surface area contributed by atoms with Gasteiger partial charge in [-0.3, -0.25) is 0 Å². The molecule has 0 atom stereocenters. The van der Waals surface area contributed by atoms with Crippen LogP contribution >= 0.6 is 0 Å². The van der Waals surface area contributed by atoms with Gasteiger partial charge in [0, 0.05) is 50.2 Å². The summed E-state index contributed by atoms with van der Waals surface area (Å²) >= 11 is 0. The van der Waals surface area contributed by atoms with Crippen molar-refractivity contribution >= 4 is 150 Å². The first-order chi connectivity index (χ1) is 28.1. The molecule has 5 nitrogen and oxygen atoms in total. The number of aromatic nitrogens is 4. The summed E-state index contributed by atoms with van der Waals surface area (Å²) < 4.78 is 9.27. The van der Waals surface area contributed by atoms with Crippen molar-refractivity contribution in [3.63, 3.8) is 0 Å². The summed E-state index contributed by atoms with van der Waals surface area (Å²) in [4.78, 5) is 15.1. The molecule has 10 rings (SSSR count). The summed E-state index contributed by atoms with van der Waals surface area (Å²) in [6.45, 7) is 0. The van der Waals surface area contributed by atoms with E-state index in [4.69, 9.17) is 19.4 Å². The van der Waals surface area contributed by atoms with Crippen molar-refractivity contribution in [1.82, 2.24) is 19.5 Å². The Kier molecular flexibility index (Phi) is 8.49. The quantitative estimate of drug-likeness (QED) is 0.186. The standard InChI is InChI=1S/C45H36B8N4O/c46-33-31-32-34(47)36(49)38(51)40(53)42(32)57(41(31)39(52)37(50)35(33)48)26-16-18-28-27-17-15-25(19-29(27)58-30(28)20-26)45-55-43(23-9-5-2-6-10-23)54-44(56-45)24-13-11-22(12-14-24)21-7-3-1-4-8-21/h1-20H,46-53H2. The molecule has 7 aromatic carbocycles. The van der Waals surface area contributed by atoms with E-state index in [1.54, 1.807) is 0 Å². The molecule has 3 aromatic heterocycles. The Labute approximate surface area is 345 Å². The molecule has 0 radical (unpaired) electrons. The van der Waals surface area contributed by atoms with Crippen LogP contribution in [0.5, 0.6) is 0 Å². The van der Waals surface area contributed by atoms with Gasteiger partial charge < -0.3 is 8.98 Å². The van der Waals surface area contributed by atoms with E-state index in [1.165, 1.54) is 71.1 Å². The molecule has 0 amide bonds. The minimum Gasteiger partial charge on any atom is -0.456 e. The highest BCUT2D eigenvalue weighted by Crippen LogP contribution is 2.35. The van der Waals surface area contributed by atoms with E-state index >= 15 is 0 Å². The van der Waals surface area contributed by atoms with Crippen LogP contribution in [-0.2, 0) is 0 Å². The second kappa shape index (κ2) is 13.7. The molecule has 58 heavy (non-hydrogen) atoms. The normalized spacial score (nSPS) is 11.7. The van der Waals surface area contributed by atoms with Gasteiger partial charge >= 0.3 is 0 Å². The number of fused-ring (bicyclic) bond motifs is 6. The van der Waals surface area contributed by atoms with Crippen molar-refractivity contribution in [2.75, 3.05) is 0 Å². The first kappa shape index (κ1) is 36.0. The number of furan rings is 1. The molecule has 0 aliphatic carbocycles. The predicted molar refractivity (Wildman–Crippen MR) is 269 cm³/mol. The van der Waals surface area contributed by atoms with Gasteiger partial charge in [0.15, 0.2) is 17.5 Å². The summed E-state index contributed by atoms with van der Waals surface area (Å²) in [6, 6.07) is 41.9. The van der Waals surface area contributed by atoms with Gasteiger partial charge in [0.25, 0.3) is 0 Å². The van der Waals surface area contributed by atoms with Crippen molar-refractivity contribution in [3.8, 4) is 51.0 Å². The van der Waals surface area contributed by atoms with Crippen LogP contribution in [0, 0.1) is 0 Å². The molecule has 266 valence electrons. The lowest BCUT2D eigenvalue weighted by Gasteiger charge is -2.16. The van der Waals surface area contributed by atoms with Crippen LogP contribution in [0.1, 0.15) is 0 Å². The number of hydrogen-bond donors (Lipinski definition) is 0. The first-order valence-electron chi connectivity index (χ1n) is 20.0. The van der Waals surface area contributed by atoms with Gasteiger partial charge in [0.2, 0.25) is 0 Å². The molecule has 0 bridgehead atoms. The molecule has 0 spiro atoms. The third-order valence-corrected chi connectivity index (χ3v) is 12.9. The number of benzene rings is 7. The van der Waals surface area contributed by atoms with Gasteiger partial charge in [-0.25, -0.2) is 15.0 Å². The molecule has 0 aliphatic heterocycles. The molecule has 0 fully saturated rings. The highest BCUT2D eigenvalue weighted by molar-refractivity contribution is 6.71. The summed E-state index contributed by atoms with van der Waals surface area (Å²) in [7, 11) is 18.2. The average Bonchev–Trinajstić information content (AvgIpc) is 3.82. The Balaban J connectivity index is 1.13. The zero-order chi connectivity index (χ0) is 40.0. The zero-order valence-corrected chi connectivity index (χ0v) is 34.2. The molecule has 0 saturated heterocycles. The molecule has 10 aromatic rings. The lowest BCUT2D eigenvalue weighted by atomic mass is 9.63. The van der Waals surface area contributed by atoms with E-state index in [-0.39, 0.29) is 0 Å². The SMILES string of the molecule is Bc1c(B)c(B)c2c(c1B)c1c(B)c(B)c(B)c(B)c1n2-c1ccc2c(c1)oc1cc(-c3nc(-c4ccccc4)nc(-c4ccc(-c5ccccc5)cc4)n3)ccc12. The van der Waals surface area contributed by atoms with Gasteiger partial charge in [-0.15, -0.1) is 10.9 Å². The van der Waals surface area contributed by atoms with Gasteiger partial charge in [0.1, 0.15) is 73.9 Å². The molecule has 13 heteroatoms. The smallest absolute Gasteiger partial charge is 0.164 e. The van der Waals surface area contributed by atoms with Gasteiger partial charge in [0.05, 0.1) is 0 Å². The van der Waals surface area contributed by atoms with E-state index in [1.807, 2.05) is 36.4 Å². The van der Waals surface area contributed by atoms with Crippen LogP contribution < -0.4 is 43.7 Å². The van der Waals surface area contributed by atoms with Crippen LogP contribution in [0.3, 0.4) is 0 Å². The number of nitrogens with zero attached hydrogens (tertiary/aromatic N) is 4. The monoisotopic (exact) mass is 736 g/mol. The fourth-order valence-corrected chi connectivity index (χ4v) is 8.96. The Morgan fingerprint density at radius 3 is 1.31 bits per heavy atom. The van der Waals surface area contributed by atoms with Crippen molar-refractivity contribution in [3.05, 3.63) is 121 Å². The van der Waals surface area contributed by atoms with Crippen molar-refractivity contribution in [2.45, 2.75) is 0 Å². The van der Waals surface area contributed by atoms with E-state index < -0.39 is 0 Å². The van der Waals surface area contributed by atoms with Crippen molar-refractivity contribution in [2.24, 2.45) is 0 Å². The fraction of sp³-hybridized carbons (Fsp3) is 0. The highest BCUT2D eigenvalue weighted by Gasteiger charge is 2.24. The second-order valence-corrected chi connectivity index (χ2v) is 15.9. The molecule has 3 heterocycles. The number of rotatable bonds is 5. The maximum absolute atomic E-state index is 6.77. The van der Waals surface area contributed by atoms with Crippen LogP contribution in [0.15, 0.2) is 126 Å². The lowest BCUT2D eigenvalue weighted by Crippen LogP contribution is -2.49. The fourth-order valence-electron chi connectivity index (χ4n) is 8.96. The van der Waals surface area contributed by atoms with Gasteiger partial charge in [-0.1, -0.05) is 124 Å². The topological polar surface area (TPSA) is 56.7 Å². The largest absolute Gasteiger partial charge is 0.456 e.